The summed E-state index contributed by atoms with van der Waals surface area (Å²) in [5, 5.41) is 9.42. The van der Waals surface area contributed by atoms with Gasteiger partial charge in [0.15, 0.2) is 0 Å². The van der Waals surface area contributed by atoms with Crippen molar-refractivity contribution < 1.29 is 19.4 Å². The number of carboxylic acids is 1. The van der Waals surface area contributed by atoms with Gasteiger partial charge in [-0.2, -0.15) is 0 Å². The Morgan fingerprint density at radius 2 is 2.05 bits per heavy atom. The second kappa shape index (κ2) is 7.11. The molecule has 0 spiro atoms. The fourth-order valence-electron chi connectivity index (χ4n) is 2.86. The summed E-state index contributed by atoms with van der Waals surface area (Å²) in [5.74, 6) is -1.08. The molecule has 1 N–H and O–H groups in total. The summed E-state index contributed by atoms with van der Waals surface area (Å²) in [7, 11) is 0. The molecule has 1 aromatic rings. The Kier molecular flexibility index (Phi) is 5.20. The lowest BCUT2D eigenvalue weighted by Gasteiger charge is -2.24. The zero-order valence-electron chi connectivity index (χ0n) is 12.7. The number of carbonyl (C=O) groups is 2. The minimum Gasteiger partial charge on any atom is -0.480 e. The molecule has 2 rings (SSSR count). The Hall–Kier alpha value is -2.30. The van der Waals surface area contributed by atoms with Crippen LogP contribution in [0.3, 0.4) is 0 Å². The van der Waals surface area contributed by atoms with Crippen molar-refractivity contribution in [3.8, 4) is 0 Å². The van der Waals surface area contributed by atoms with Crippen molar-refractivity contribution in [2.24, 2.45) is 5.92 Å². The third kappa shape index (κ3) is 3.87. The standard InChI is InChI=1S/C17H21NO4/c1-12(2)10-14-8-9-18(15(14)16(19)20)17(21)22-11-13-6-4-3-5-7-13/h3-7,14-15H,1,8-11H2,2H3,(H,19,20). The van der Waals surface area contributed by atoms with E-state index < -0.39 is 18.1 Å². The zero-order valence-corrected chi connectivity index (χ0v) is 12.7. The molecule has 1 amide bonds. The van der Waals surface area contributed by atoms with E-state index >= 15 is 0 Å². The highest BCUT2D eigenvalue weighted by Gasteiger charge is 2.42. The van der Waals surface area contributed by atoms with Gasteiger partial charge in [-0.3, -0.25) is 4.90 Å². The maximum absolute atomic E-state index is 12.2. The van der Waals surface area contributed by atoms with Gasteiger partial charge in [-0.15, -0.1) is 6.58 Å². The fourth-order valence-corrected chi connectivity index (χ4v) is 2.86. The highest BCUT2D eigenvalue weighted by Crippen LogP contribution is 2.30. The van der Waals surface area contributed by atoms with Crippen LogP contribution in [0.25, 0.3) is 0 Å². The Morgan fingerprint density at radius 1 is 1.36 bits per heavy atom. The first kappa shape index (κ1) is 16.1. The second-order valence-electron chi connectivity index (χ2n) is 5.73. The smallest absolute Gasteiger partial charge is 0.410 e. The number of likely N-dealkylation sites (tertiary alicyclic amines) is 1. The van der Waals surface area contributed by atoms with Crippen molar-refractivity contribution in [3.05, 3.63) is 48.0 Å². The van der Waals surface area contributed by atoms with E-state index in [0.717, 1.165) is 11.1 Å². The molecule has 2 atom stereocenters. The van der Waals surface area contributed by atoms with Crippen LogP contribution in [0.5, 0.6) is 0 Å². The number of aliphatic carboxylic acids is 1. The minimum atomic E-state index is -0.986. The molecule has 1 aliphatic rings. The number of hydrogen-bond acceptors (Lipinski definition) is 3. The van der Waals surface area contributed by atoms with Gasteiger partial charge >= 0.3 is 12.1 Å². The summed E-state index contributed by atoms with van der Waals surface area (Å²) < 4.78 is 5.25. The zero-order chi connectivity index (χ0) is 16.1. The van der Waals surface area contributed by atoms with Gasteiger partial charge in [0.05, 0.1) is 0 Å². The molecule has 1 heterocycles. The normalized spacial score (nSPS) is 20.7. The molecule has 0 bridgehead atoms. The van der Waals surface area contributed by atoms with Crippen molar-refractivity contribution >= 4 is 12.1 Å². The van der Waals surface area contributed by atoms with Crippen molar-refractivity contribution in [2.45, 2.75) is 32.4 Å². The number of allylic oxidation sites excluding steroid dienone is 1. The Morgan fingerprint density at radius 3 is 2.64 bits per heavy atom. The lowest BCUT2D eigenvalue weighted by Crippen LogP contribution is -2.43. The van der Waals surface area contributed by atoms with Gasteiger partial charge in [0.2, 0.25) is 0 Å². The third-order valence-electron chi connectivity index (χ3n) is 3.83. The number of benzene rings is 1. The molecule has 0 saturated carbocycles. The van der Waals surface area contributed by atoms with Crippen LogP contribution in [-0.2, 0) is 16.1 Å². The largest absolute Gasteiger partial charge is 0.480 e. The van der Waals surface area contributed by atoms with E-state index in [-0.39, 0.29) is 12.5 Å². The number of ether oxygens (including phenoxy) is 1. The van der Waals surface area contributed by atoms with Crippen LogP contribution in [0.2, 0.25) is 0 Å². The molecule has 0 aromatic heterocycles. The monoisotopic (exact) mass is 303 g/mol. The first-order valence-corrected chi connectivity index (χ1v) is 7.33. The van der Waals surface area contributed by atoms with Crippen molar-refractivity contribution in [2.75, 3.05) is 6.54 Å². The molecular formula is C17H21NO4. The van der Waals surface area contributed by atoms with Gasteiger partial charge in [0.1, 0.15) is 12.6 Å². The van der Waals surface area contributed by atoms with Crippen molar-refractivity contribution in [1.29, 1.82) is 0 Å². The number of amides is 1. The van der Waals surface area contributed by atoms with Crippen LogP contribution in [-0.4, -0.2) is 34.7 Å². The van der Waals surface area contributed by atoms with Gasteiger partial charge in [0, 0.05) is 6.54 Å². The predicted molar refractivity (Wildman–Crippen MR) is 82.3 cm³/mol. The minimum absolute atomic E-state index is 0.0979. The number of carboxylic acid groups (broad SMARTS) is 1. The average Bonchev–Trinajstić information content (AvgIpc) is 2.89. The van der Waals surface area contributed by atoms with Crippen LogP contribution >= 0.6 is 0 Å². The summed E-state index contributed by atoms with van der Waals surface area (Å²) in [6, 6.07) is 8.49. The summed E-state index contributed by atoms with van der Waals surface area (Å²) in [6.07, 6.45) is 0.699. The van der Waals surface area contributed by atoms with Crippen LogP contribution in [0, 0.1) is 5.92 Å². The van der Waals surface area contributed by atoms with E-state index in [1.165, 1.54) is 4.90 Å². The van der Waals surface area contributed by atoms with E-state index in [2.05, 4.69) is 6.58 Å². The summed E-state index contributed by atoms with van der Waals surface area (Å²) in [4.78, 5) is 25.0. The van der Waals surface area contributed by atoms with Crippen LogP contribution in [0.15, 0.2) is 42.5 Å². The number of carbonyl (C=O) groups excluding carboxylic acids is 1. The summed E-state index contributed by atoms with van der Waals surface area (Å²) in [6.45, 7) is 6.25. The van der Waals surface area contributed by atoms with Crippen molar-refractivity contribution in [1.82, 2.24) is 4.90 Å². The third-order valence-corrected chi connectivity index (χ3v) is 3.83. The fraction of sp³-hybridized carbons (Fsp3) is 0.412. The van der Waals surface area contributed by atoms with Gasteiger partial charge in [0.25, 0.3) is 0 Å². The molecule has 0 aliphatic carbocycles. The summed E-state index contributed by atoms with van der Waals surface area (Å²) >= 11 is 0. The molecule has 0 radical (unpaired) electrons. The second-order valence-corrected chi connectivity index (χ2v) is 5.73. The van der Waals surface area contributed by atoms with Crippen LogP contribution < -0.4 is 0 Å². The predicted octanol–water partition coefficient (Wildman–Crippen LogP) is 3.06. The highest BCUT2D eigenvalue weighted by atomic mass is 16.6. The van der Waals surface area contributed by atoms with Crippen molar-refractivity contribution in [3.63, 3.8) is 0 Å². The molecule has 1 aromatic carbocycles. The molecular weight excluding hydrogens is 282 g/mol. The summed E-state index contributed by atoms with van der Waals surface area (Å²) in [5.41, 5.74) is 1.80. The van der Waals surface area contributed by atoms with E-state index in [1.54, 1.807) is 0 Å². The SMILES string of the molecule is C=C(C)CC1CCN(C(=O)OCc2ccccc2)C1C(=O)O. The lowest BCUT2D eigenvalue weighted by atomic mass is 9.93. The first-order chi connectivity index (χ1) is 10.5. The van der Waals surface area contributed by atoms with E-state index in [0.29, 0.717) is 19.4 Å². The molecule has 5 heteroatoms. The highest BCUT2D eigenvalue weighted by molar-refractivity contribution is 5.81. The van der Waals surface area contributed by atoms with Gasteiger partial charge in [-0.25, -0.2) is 9.59 Å². The maximum Gasteiger partial charge on any atom is 0.410 e. The number of rotatable bonds is 5. The Labute approximate surface area is 130 Å². The van der Waals surface area contributed by atoms with E-state index in [9.17, 15) is 14.7 Å². The quantitative estimate of drug-likeness (QED) is 0.849. The topological polar surface area (TPSA) is 66.8 Å². The number of nitrogens with zero attached hydrogens (tertiary/aromatic N) is 1. The van der Waals surface area contributed by atoms with E-state index in [4.69, 9.17) is 4.74 Å². The average molecular weight is 303 g/mol. The first-order valence-electron chi connectivity index (χ1n) is 7.33. The van der Waals surface area contributed by atoms with Crippen LogP contribution in [0.1, 0.15) is 25.3 Å². The molecule has 1 aliphatic heterocycles. The van der Waals surface area contributed by atoms with Gasteiger partial charge in [-0.05, 0) is 31.2 Å². The maximum atomic E-state index is 12.2. The van der Waals surface area contributed by atoms with Crippen LogP contribution in [0.4, 0.5) is 4.79 Å². The molecule has 22 heavy (non-hydrogen) atoms. The molecule has 5 nitrogen and oxygen atoms in total. The van der Waals surface area contributed by atoms with E-state index in [1.807, 2.05) is 37.3 Å². The number of hydrogen-bond donors (Lipinski definition) is 1. The van der Waals surface area contributed by atoms with Gasteiger partial charge < -0.3 is 9.84 Å². The molecule has 2 unspecified atom stereocenters. The molecule has 1 saturated heterocycles. The molecule has 118 valence electrons. The van der Waals surface area contributed by atoms with Gasteiger partial charge in [-0.1, -0.05) is 35.9 Å². The Bertz CT molecular complexity index is 555. The lowest BCUT2D eigenvalue weighted by molar-refractivity contribution is -0.143. The molecule has 1 fully saturated rings. The Balaban J connectivity index is 1.99.